The number of hydrogen-bond acceptors (Lipinski definition) is 3. The highest BCUT2D eigenvalue weighted by Crippen LogP contribution is 2.57. The van der Waals surface area contributed by atoms with Crippen LogP contribution in [0.4, 0.5) is 0 Å². The Morgan fingerprint density at radius 2 is 1.00 bits per heavy atom. The van der Waals surface area contributed by atoms with Crippen molar-refractivity contribution in [2.75, 3.05) is 0 Å². The minimum atomic E-state index is -0.506. The van der Waals surface area contributed by atoms with E-state index in [1.54, 1.807) is 0 Å². The number of fused-ring (bicyclic) bond motifs is 8. The molecule has 0 aliphatic heterocycles. The maximum absolute atomic E-state index is 6.24. The molecule has 6 aromatic carbocycles. The minimum Gasteiger partial charge on any atom is -0.437 e. The van der Waals surface area contributed by atoms with Gasteiger partial charge in [0.2, 0.25) is 5.71 Å². The van der Waals surface area contributed by atoms with E-state index in [2.05, 4.69) is 167 Å². The molecule has 4 aromatic heterocycles. The Morgan fingerprint density at radius 3 is 1.64 bits per heavy atom. The maximum Gasteiger partial charge on any atom is 0.232 e. The summed E-state index contributed by atoms with van der Waals surface area (Å²) in [7, 11) is 0. The topological polar surface area (TPSA) is 43.3 Å². The predicted molar refractivity (Wildman–Crippen MR) is 214 cm³/mol. The third-order valence-electron chi connectivity index (χ3n) is 11.0. The second kappa shape index (κ2) is 11.5. The van der Waals surface area contributed by atoms with Crippen LogP contribution in [-0.2, 0) is 5.41 Å². The largest absolute Gasteiger partial charge is 0.437 e. The summed E-state index contributed by atoms with van der Waals surface area (Å²) in [6.07, 6.45) is 5.86. The Morgan fingerprint density at radius 1 is 0.472 bits per heavy atom. The van der Waals surface area contributed by atoms with Gasteiger partial charge in [-0.3, -0.25) is 9.38 Å². The molecule has 0 N–H and O–H groups in total. The summed E-state index contributed by atoms with van der Waals surface area (Å²) < 4.78 is 8.30. The summed E-state index contributed by atoms with van der Waals surface area (Å²) in [6, 6.07) is 61.3. The fourth-order valence-corrected chi connectivity index (χ4v) is 8.57. The zero-order valence-electron chi connectivity index (χ0n) is 28.6. The summed E-state index contributed by atoms with van der Waals surface area (Å²) in [5.41, 5.74) is 17.4. The van der Waals surface area contributed by atoms with E-state index in [1.807, 2.05) is 30.6 Å². The van der Waals surface area contributed by atoms with Crippen LogP contribution in [0, 0.1) is 0 Å². The van der Waals surface area contributed by atoms with Gasteiger partial charge >= 0.3 is 0 Å². The van der Waals surface area contributed by atoms with Gasteiger partial charge in [0.25, 0.3) is 0 Å². The quantitative estimate of drug-likeness (QED) is 0.182. The lowest BCUT2D eigenvalue weighted by Gasteiger charge is -2.34. The van der Waals surface area contributed by atoms with Gasteiger partial charge in [0, 0.05) is 24.0 Å². The average Bonchev–Trinajstić information content (AvgIpc) is 3.88. The Kier molecular flexibility index (Phi) is 6.43. The third kappa shape index (κ3) is 4.42. The lowest BCUT2D eigenvalue weighted by molar-refractivity contribution is 0.649. The highest BCUT2D eigenvalue weighted by atomic mass is 16.3. The van der Waals surface area contributed by atoms with Crippen LogP contribution in [0.1, 0.15) is 22.3 Å². The molecular formula is C49H31N3O. The number of pyridine rings is 2. The molecule has 11 rings (SSSR count). The molecule has 0 radical (unpaired) electrons. The molecular weight excluding hydrogens is 647 g/mol. The number of hydrogen-bond donors (Lipinski definition) is 0. The lowest BCUT2D eigenvalue weighted by atomic mass is 9.67. The van der Waals surface area contributed by atoms with Crippen LogP contribution in [0.15, 0.2) is 193 Å². The number of benzene rings is 6. The van der Waals surface area contributed by atoms with Crippen molar-refractivity contribution in [1.82, 2.24) is 14.4 Å². The standard InChI is InChI=1S/C49H31N3O/c1-3-9-38(10-4-1)49(39-11-5-2-6-12-39)43-29-35(19-22-40(43)41-23-20-36(30-44(41)49)34-25-27-50-28-26-34)32-15-17-33(18-16-32)37-21-24-46-51-47-42-13-7-8-14-45(42)53-48(47)52(46)31-37/h1-31H. The first-order valence-electron chi connectivity index (χ1n) is 18.0. The van der Waals surface area contributed by atoms with Crippen LogP contribution < -0.4 is 0 Å². The number of rotatable bonds is 5. The van der Waals surface area contributed by atoms with Crippen LogP contribution in [0.2, 0.25) is 0 Å². The molecule has 4 heterocycles. The van der Waals surface area contributed by atoms with Gasteiger partial charge in [0.1, 0.15) is 16.7 Å². The highest BCUT2D eigenvalue weighted by molar-refractivity contribution is 6.03. The second-order valence-electron chi connectivity index (χ2n) is 13.8. The van der Waals surface area contributed by atoms with E-state index in [9.17, 15) is 0 Å². The molecule has 248 valence electrons. The minimum absolute atomic E-state index is 0.506. The second-order valence-corrected chi connectivity index (χ2v) is 13.8. The van der Waals surface area contributed by atoms with E-state index in [0.717, 1.165) is 44.5 Å². The molecule has 1 aliphatic carbocycles. The van der Waals surface area contributed by atoms with Gasteiger partial charge < -0.3 is 4.42 Å². The van der Waals surface area contributed by atoms with Crippen molar-refractivity contribution in [2.45, 2.75) is 5.41 Å². The van der Waals surface area contributed by atoms with E-state index in [0.29, 0.717) is 0 Å². The van der Waals surface area contributed by atoms with E-state index in [-0.39, 0.29) is 0 Å². The van der Waals surface area contributed by atoms with E-state index < -0.39 is 5.41 Å². The molecule has 0 atom stereocenters. The van der Waals surface area contributed by atoms with Crippen LogP contribution in [0.3, 0.4) is 0 Å². The van der Waals surface area contributed by atoms with Crippen molar-refractivity contribution < 1.29 is 4.42 Å². The number of aromatic nitrogens is 3. The maximum atomic E-state index is 6.24. The molecule has 0 bridgehead atoms. The molecule has 1 aliphatic rings. The van der Waals surface area contributed by atoms with E-state index in [1.165, 1.54) is 50.1 Å². The molecule has 4 nitrogen and oxygen atoms in total. The fraction of sp³-hybridized carbons (Fsp3) is 0.0204. The van der Waals surface area contributed by atoms with Gasteiger partial charge in [-0.25, -0.2) is 4.98 Å². The Bertz CT molecular complexity index is 2940. The Balaban J connectivity index is 1.05. The summed E-state index contributed by atoms with van der Waals surface area (Å²) in [6.45, 7) is 0. The lowest BCUT2D eigenvalue weighted by Crippen LogP contribution is -2.28. The van der Waals surface area contributed by atoms with Gasteiger partial charge in [-0.05, 0) is 115 Å². The fourth-order valence-electron chi connectivity index (χ4n) is 8.57. The number of furan rings is 1. The first-order chi connectivity index (χ1) is 26.3. The Labute approximate surface area is 306 Å². The zero-order valence-corrected chi connectivity index (χ0v) is 28.6. The molecule has 0 fully saturated rings. The van der Waals surface area contributed by atoms with Crippen molar-refractivity contribution in [3.05, 3.63) is 211 Å². The van der Waals surface area contributed by atoms with Gasteiger partial charge in [-0.15, -0.1) is 0 Å². The van der Waals surface area contributed by atoms with Crippen molar-refractivity contribution in [2.24, 2.45) is 0 Å². The molecule has 0 saturated carbocycles. The first kappa shape index (κ1) is 29.7. The van der Waals surface area contributed by atoms with Crippen LogP contribution in [0.5, 0.6) is 0 Å². The molecule has 0 unspecified atom stereocenters. The molecule has 4 heteroatoms. The summed E-state index contributed by atoms with van der Waals surface area (Å²) in [5, 5.41) is 1.03. The van der Waals surface area contributed by atoms with Crippen molar-refractivity contribution in [1.29, 1.82) is 0 Å². The van der Waals surface area contributed by atoms with Crippen LogP contribution in [-0.4, -0.2) is 14.4 Å². The van der Waals surface area contributed by atoms with Crippen molar-refractivity contribution in [3.63, 3.8) is 0 Å². The number of imidazole rings is 1. The number of nitrogens with zero attached hydrogens (tertiary/aromatic N) is 3. The van der Waals surface area contributed by atoms with Crippen molar-refractivity contribution >= 4 is 27.8 Å². The van der Waals surface area contributed by atoms with Gasteiger partial charge in [-0.1, -0.05) is 121 Å². The monoisotopic (exact) mass is 677 g/mol. The summed E-state index contributed by atoms with van der Waals surface area (Å²) in [5.74, 6) is 0. The van der Waals surface area contributed by atoms with E-state index >= 15 is 0 Å². The van der Waals surface area contributed by atoms with Crippen LogP contribution >= 0.6 is 0 Å². The smallest absolute Gasteiger partial charge is 0.232 e. The molecule has 0 amide bonds. The average molecular weight is 678 g/mol. The van der Waals surface area contributed by atoms with Gasteiger partial charge in [-0.2, -0.15) is 0 Å². The van der Waals surface area contributed by atoms with Crippen molar-refractivity contribution in [3.8, 4) is 44.5 Å². The van der Waals surface area contributed by atoms with Gasteiger partial charge in [0.15, 0.2) is 0 Å². The van der Waals surface area contributed by atoms with E-state index in [4.69, 9.17) is 9.40 Å². The molecule has 0 spiro atoms. The number of para-hydroxylation sites is 1. The van der Waals surface area contributed by atoms with Crippen LogP contribution in [0.25, 0.3) is 72.4 Å². The Hall–Kier alpha value is -7.04. The highest BCUT2D eigenvalue weighted by Gasteiger charge is 2.46. The molecule has 53 heavy (non-hydrogen) atoms. The van der Waals surface area contributed by atoms with Gasteiger partial charge in [0.05, 0.1) is 5.41 Å². The molecule has 0 saturated heterocycles. The first-order valence-corrected chi connectivity index (χ1v) is 18.0. The normalized spacial score (nSPS) is 13.1. The summed E-state index contributed by atoms with van der Waals surface area (Å²) in [4.78, 5) is 9.16. The summed E-state index contributed by atoms with van der Waals surface area (Å²) >= 11 is 0. The zero-order chi connectivity index (χ0) is 34.9. The predicted octanol–water partition coefficient (Wildman–Crippen LogP) is 12.0. The molecule has 10 aromatic rings. The SMILES string of the molecule is c1ccc(C2(c3ccccc3)c3cc(-c4ccncc4)ccc3-c3ccc(-c4ccc(-c5ccc6nc7c8ccccc8oc7n6c5)cc4)cc32)cc1. The third-order valence-corrected chi connectivity index (χ3v) is 11.0.